The Balaban J connectivity index is 1.69. The van der Waals surface area contributed by atoms with E-state index in [9.17, 15) is 4.79 Å². The molecule has 4 rings (SSSR count). The van der Waals surface area contributed by atoms with Crippen LogP contribution in [0, 0.1) is 0 Å². The largest absolute Gasteiger partial charge is 0.493 e. The van der Waals surface area contributed by atoms with Crippen LogP contribution >= 0.6 is 0 Å². The van der Waals surface area contributed by atoms with Crippen LogP contribution in [0.15, 0.2) is 30.3 Å². The molecule has 0 N–H and O–H groups in total. The number of hydrogen-bond acceptors (Lipinski definition) is 7. The number of benzene rings is 2. The molecule has 2 unspecified atom stereocenters. The predicted octanol–water partition coefficient (Wildman–Crippen LogP) is 3.43. The first-order valence-corrected chi connectivity index (χ1v) is 9.16. The third kappa shape index (κ3) is 3.45. The molecule has 0 aromatic heterocycles. The van der Waals surface area contributed by atoms with Crippen LogP contribution in [0.2, 0.25) is 0 Å². The van der Waals surface area contributed by atoms with Crippen LogP contribution in [0.25, 0.3) is 0 Å². The normalized spacial score (nSPS) is 19.5. The molecule has 0 spiro atoms. The van der Waals surface area contributed by atoms with Crippen molar-refractivity contribution in [2.45, 2.75) is 32.5 Å². The summed E-state index contributed by atoms with van der Waals surface area (Å²) in [6, 6.07) is 9.28. The number of methoxy groups -OCH3 is 1. The van der Waals surface area contributed by atoms with Crippen molar-refractivity contribution in [1.29, 1.82) is 0 Å². The Hall–Kier alpha value is -2.93. The van der Waals surface area contributed by atoms with Crippen molar-refractivity contribution in [2.75, 3.05) is 20.5 Å². The maximum Gasteiger partial charge on any atom is 0.308 e. The molecule has 0 saturated carbocycles. The van der Waals surface area contributed by atoms with Crippen LogP contribution in [0.1, 0.15) is 31.1 Å². The lowest BCUT2D eigenvalue weighted by molar-refractivity contribution is -0.132. The lowest BCUT2D eigenvalue weighted by Crippen LogP contribution is -2.33. The van der Waals surface area contributed by atoms with Gasteiger partial charge in [-0.05, 0) is 30.7 Å². The second-order valence-electron chi connectivity index (χ2n) is 6.55. The molecule has 7 nitrogen and oxygen atoms in total. The van der Waals surface area contributed by atoms with Crippen molar-refractivity contribution in [3.05, 3.63) is 41.5 Å². The molecule has 0 fully saturated rings. The van der Waals surface area contributed by atoms with E-state index in [1.165, 1.54) is 14.0 Å². The molecule has 2 aromatic rings. The second-order valence-corrected chi connectivity index (χ2v) is 6.55. The van der Waals surface area contributed by atoms with E-state index in [1.807, 2.05) is 25.1 Å². The van der Waals surface area contributed by atoms with Gasteiger partial charge in [-0.25, -0.2) is 0 Å². The number of carbonyl (C=O) groups is 1. The number of fused-ring (bicyclic) bond motifs is 2. The summed E-state index contributed by atoms with van der Waals surface area (Å²) in [5.41, 5.74) is 1.84. The highest BCUT2D eigenvalue weighted by Gasteiger charge is 2.34. The summed E-state index contributed by atoms with van der Waals surface area (Å²) in [6.07, 6.45) is 0.100. The first kappa shape index (κ1) is 18.4. The summed E-state index contributed by atoms with van der Waals surface area (Å²) < 4.78 is 33.8. The van der Waals surface area contributed by atoms with E-state index in [4.69, 9.17) is 28.4 Å². The molecule has 2 heterocycles. The molecule has 148 valence electrons. The van der Waals surface area contributed by atoms with Gasteiger partial charge in [-0.1, -0.05) is 6.07 Å². The fourth-order valence-corrected chi connectivity index (χ4v) is 3.52. The highest BCUT2D eigenvalue weighted by atomic mass is 16.7. The molecular weight excluding hydrogens is 364 g/mol. The van der Waals surface area contributed by atoms with Crippen LogP contribution < -0.4 is 23.7 Å². The molecule has 2 atom stereocenters. The summed E-state index contributed by atoms with van der Waals surface area (Å²) in [7, 11) is 1.52. The minimum atomic E-state index is -0.408. The number of ether oxygens (including phenoxy) is 6. The molecule has 2 aliphatic heterocycles. The smallest absolute Gasteiger partial charge is 0.308 e. The summed E-state index contributed by atoms with van der Waals surface area (Å²) >= 11 is 0. The topological polar surface area (TPSA) is 72.5 Å². The van der Waals surface area contributed by atoms with Crippen molar-refractivity contribution in [3.63, 3.8) is 0 Å². The molecule has 0 saturated heterocycles. The number of carbonyl (C=O) groups excluding carboxylic acids is 1. The molecule has 2 aliphatic rings. The summed E-state index contributed by atoms with van der Waals surface area (Å²) in [5, 5.41) is 0. The van der Waals surface area contributed by atoms with E-state index < -0.39 is 5.97 Å². The Labute approximate surface area is 163 Å². The number of esters is 1. The van der Waals surface area contributed by atoms with Gasteiger partial charge in [0.1, 0.15) is 11.9 Å². The number of hydrogen-bond donors (Lipinski definition) is 0. The zero-order valence-electron chi connectivity index (χ0n) is 16.0. The van der Waals surface area contributed by atoms with Crippen LogP contribution in [0.3, 0.4) is 0 Å². The summed E-state index contributed by atoms with van der Waals surface area (Å²) in [5.74, 6) is 2.49. The van der Waals surface area contributed by atoms with Crippen molar-refractivity contribution in [3.8, 4) is 28.7 Å². The quantitative estimate of drug-likeness (QED) is 0.576. The van der Waals surface area contributed by atoms with E-state index in [0.29, 0.717) is 36.0 Å². The van der Waals surface area contributed by atoms with Crippen LogP contribution in [0.4, 0.5) is 0 Å². The molecule has 28 heavy (non-hydrogen) atoms. The maximum absolute atomic E-state index is 11.4. The lowest BCUT2D eigenvalue weighted by Gasteiger charge is -2.34. The van der Waals surface area contributed by atoms with Crippen molar-refractivity contribution < 1.29 is 33.2 Å². The van der Waals surface area contributed by atoms with Crippen LogP contribution in [-0.2, 0) is 16.0 Å². The van der Waals surface area contributed by atoms with E-state index in [2.05, 4.69) is 0 Å². The van der Waals surface area contributed by atoms with Crippen LogP contribution in [-0.4, -0.2) is 32.6 Å². The minimum absolute atomic E-state index is 0.198. The zero-order valence-corrected chi connectivity index (χ0v) is 16.0. The second kappa shape index (κ2) is 7.59. The average molecular weight is 386 g/mol. The molecule has 7 heteroatoms. The Morgan fingerprint density at radius 1 is 1.11 bits per heavy atom. The van der Waals surface area contributed by atoms with Gasteiger partial charge in [-0.3, -0.25) is 4.79 Å². The number of rotatable bonds is 5. The molecular formula is C21H22O7. The Morgan fingerprint density at radius 3 is 2.68 bits per heavy atom. The lowest BCUT2D eigenvalue weighted by atomic mass is 9.94. The maximum atomic E-state index is 11.4. The SMILES string of the molecule is CCOC1Cc2cc(OC(C)=O)c(OC)cc2OC1c1ccc2c(c1)OCO2. The minimum Gasteiger partial charge on any atom is -0.493 e. The van der Waals surface area contributed by atoms with Crippen molar-refractivity contribution in [1.82, 2.24) is 0 Å². The highest BCUT2D eigenvalue weighted by Crippen LogP contribution is 2.44. The molecule has 0 bridgehead atoms. The Bertz CT molecular complexity index is 893. The molecule has 0 amide bonds. The first-order valence-electron chi connectivity index (χ1n) is 9.16. The van der Waals surface area contributed by atoms with Crippen LogP contribution in [0.5, 0.6) is 28.7 Å². The van der Waals surface area contributed by atoms with Gasteiger partial charge >= 0.3 is 5.97 Å². The molecule has 0 aliphatic carbocycles. The van der Waals surface area contributed by atoms with Gasteiger partial charge in [0.05, 0.1) is 7.11 Å². The fourth-order valence-electron chi connectivity index (χ4n) is 3.52. The van der Waals surface area contributed by atoms with E-state index >= 15 is 0 Å². The Kier molecular flexibility index (Phi) is 5.00. The fraction of sp³-hybridized carbons (Fsp3) is 0.381. The van der Waals surface area contributed by atoms with Crippen molar-refractivity contribution >= 4 is 5.97 Å². The van der Waals surface area contributed by atoms with Gasteiger partial charge in [0.2, 0.25) is 6.79 Å². The van der Waals surface area contributed by atoms with Gasteiger partial charge in [0.25, 0.3) is 0 Å². The van der Waals surface area contributed by atoms with Gasteiger partial charge in [-0.15, -0.1) is 0 Å². The highest BCUT2D eigenvalue weighted by molar-refractivity contribution is 5.71. The van der Waals surface area contributed by atoms with E-state index in [0.717, 1.165) is 16.9 Å². The average Bonchev–Trinajstić information content (AvgIpc) is 3.14. The van der Waals surface area contributed by atoms with Gasteiger partial charge in [0, 0.05) is 31.6 Å². The monoisotopic (exact) mass is 386 g/mol. The molecule has 0 radical (unpaired) electrons. The van der Waals surface area contributed by atoms with Crippen molar-refractivity contribution in [2.24, 2.45) is 0 Å². The Morgan fingerprint density at radius 2 is 1.93 bits per heavy atom. The third-order valence-electron chi connectivity index (χ3n) is 4.72. The first-order chi connectivity index (χ1) is 13.6. The third-order valence-corrected chi connectivity index (χ3v) is 4.72. The van der Waals surface area contributed by atoms with Gasteiger partial charge in [-0.2, -0.15) is 0 Å². The standard InChI is InChI=1S/C21H22O7/c1-4-24-20-9-14-8-19(27-12(2)22)17(23-3)10-16(14)28-21(20)13-5-6-15-18(7-13)26-11-25-15/h5-8,10,20-21H,4,9,11H2,1-3H3. The summed E-state index contributed by atoms with van der Waals surface area (Å²) in [4.78, 5) is 11.4. The van der Waals surface area contributed by atoms with Gasteiger partial charge in [0.15, 0.2) is 29.1 Å². The molecule has 2 aromatic carbocycles. The van der Waals surface area contributed by atoms with Gasteiger partial charge < -0.3 is 28.4 Å². The summed E-state index contributed by atoms with van der Waals surface area (Å²) in [6.45, 7) is 4.08. The predicted molar refractivity (Wildman–Crippen MR) is 99.4 cm³/mol. The van der Waals surface area contributed by atoms with E-state index in [-0.39, 0.29) is 19.0 Å². The van der Waals surface area contributed by atoms with E-state index in [1.54, 1.807) is 12.1 Å². The zero-order chi connectivity index (χ0) is 19.7.